The molecule has 0 radical (unpaired) electrons. The van der Waals surface area contributed by atoms with Gasteiger partial charge in [-0.05, 0) is 31.6 Å². The van der Waals surface area contributed by atoms with Gasteiger partial charge in [-0.15, -0.1) is 0 Å². The second-order valence-corrected chi connectivity index (χ2v) is 6.00. The van der Waals surface area contributed by atoms with Crippen LogP contribution in [0, 0.1) is 17.8 Å². The molecule has 2 N–H and O–H groups in total. The van der Waals surface area contributed by atoms with Gasteiger partial charge in [0, 0.05) is 13.5 Å². The van der Waals surface area contributed by atoms with Crippen molar-refractivity contribution in [3.05, 3.63) is 0 Å². The molecule has 1 aliphatic rings. The molecule has 7 nitrogen and oxygen atoms in total. The van der Waals surface area contributed by atoms with E-state index in [1.165, 1.54) is 6.92 Å². The standard InChI is InChI=1S/C15H25NO6.Na.H/c1-9(2)14(19)21-10(3)22-15(20)16-8-11-4-6-12(7-5-11)13(17)18;;/h9-12H,4-8H2,1-3H3,(H,16,20)(H,17,18);;. The van der Waals surface area contributed by atoms with Crippen molar-refractivity contribution in [1.82, 2.24) is 5.32 Å². The molecule has 1 amide bonds. The summed E-state index contributed by atoms with van der Waals surface area (Å²) >= 11 is 0. The van der Waals surface area contributed by atoms with Gasteiger partial charge < -0.3 is 19.9 Å². The fraction of sp³-hybridized carbons (Fsp3) is 0.800. The Labute approximate surface area is 158 Å². The summed E-state index contributed by atoms with van der Waals surface area (Å²) in [7, 11) is 0. The van der Waals surface area contributed by atoms with E-state index in [1.54, 1.807) is 13.8 Å². The number of aliphatic carboxylic acids is 1. The van der Waals surface area contributed by atoms with Crippen LogP contribution in [0.4, 0.5) is 4.79 Å². The van der Waals surface area contributed by atoms with Crippen molar-refractivity contribution in [3.8, 4) is 0 Å². The summed E-state index contributed by atoms with van der Waals surface area (Å²) in [6.45, 7) is 5.32. The van der Waals surface area contributed by atoms with Crippen LogP contribution in [0.2, 0.25) is 0 Å². The van der Waals surface area contributed by atoms with Crippen LogP contribution in [-0.4, -0.2) is 65.5 Å². The number of carbonyl (C=O) groups is 3. The van der Waals surface area contributed by atoms with Crippen molar-refractivity contribution in [2.75, 3.05) is 6.54 Å². The number of amides is 1. The maximum atomic E-state index is 11.6. The molecule has 1 aliphatic carbocycles. The Hall–Kier alpha value is -0.790. The SMILES string of the molecule is CC(OC(=O)NCC1CCC(C(=O)O)CC1)OC(=O)C(C)C.[NaH]. The minimum atomic E-state index is -0.933. The van der Waals surface area contributed by atoms with Crippen LogP contribution < -0.4 is 5.32 Å². The predicted molar refractivity (Wildman–Crippen MR) is 85.1 cm³/mol. The molecule has 0 aromatic heterocycles. The molecule has 0 saturated heterocycles. The average molecular weight is 339 g/mol. The molecular weight excluding hydrogens is 313 g/mol. The van der Waals surface area contributed by atoms with E-state index in [2.05, 4.69) is 5.32 Å². The summed E-state index contributed by atoms with van der Waals surface area (Å²) in [4.78, 5) is 33.8. The zero-order chi connectivity index (χ0) is 16.7. The van der Waals surface area contributed by atoms with E-state index >= 15 is 0 Å². The summed E-state index contributed by atoms with van der Waals surface area (Å²) in [5.74, 6) is -1.45. The van der Waals surface area contributed by atoms with Crippen LogP contribution in [-0.2, 0) is 19.1 Å². The second-order valence-electron chi connectivity index (χ2n) is 6.00. The number of ether oxygens (including phenoxy) is 2. The molecule has 1 saturated carbocycles. The molecule has 0 spiro atoms. The van der Waals surface area contributed by atoms with E-state index in [0.717, 1.165) is 12.8 Å². The molecule has 1 unspecified atom stereocenters. The van der Waals surface area contributed by atoms with Crippen molar-refractivity contribution in [2.24, 2.45) is 17.8 Å². The Balaban J connectivity index is 0.00000484. The first-order valence-corrected chi connectivity index (χ1v) is 7.67. The summed E-state index contributed by atoms with van der Waals surface area (Å²) in [6, 6.07) is 0. The van der Waals surface area contributed by atoms with Gasteiger partial charge in [-0.1, -0.05) is 13.8 Å². The minimum absolute atomic E-state index is 0. The molecule has 0 heterocycles. The summed E-state index contributed by atoms with van der Waals surface area (Å²) in [6.07, 6.45) is 1.25. The number of hydrogen-bond acceptors (Lipinski definition) is 5. The van der Waals surface area contributed by atoms with Crippen molar-refractivity contribution in [1.29, 1.82) is 0 Å². The average Bonchev–Trinajstić information content (AvgIpc) is 2.45. The number of esters is 1. The molecule has 0 aromatic rings. The number of rotatable bonds is 6. The van der Waals surface area contributed by atoms with Crippen LogP contribution in [0.25, 0.3) is 0 Å². The van der Waals surface area contributed by atoms with Gasteiger partial charge in [-0.3, -0.25) is 9.59 Å². The zero-order valence-electron chi connectivity index (χ0n) is 13.3. The number of hydrogen-bond donors (Lipinski definition) is 2. The van der Waals surface area contributed by atoms with Crippen molar-refractivity contribution >= 4 is 47.6 Å². The number of carboxylic acids is 1. The fourth-order valence-corrected chi connectivity index (χ4v) is 2.36. The van der Waals surface area contributed by atoms with E-state index in [1.807, 2.05) is 0 Å². The molecule has 0 bridgehead atoms. The maximum absolute atomic E-state index is 11.6. The second kappa shape index (κ2) is 10.9. The van der Waals surface area contributed by atoms with E-state index in [9.17, 15) is 14.4 Å². The third kappa shape index (κ3) is 8.58. The Bertz CT molecular complexity index is 407. The molecule has 0 aliphatic heterocycles. The molecule has 1 rings (SSSR count). The first kappa shape index (κ1) is 22.2. The van der Waals surface area contributed by atoms with Gasteiger partial charge in [-0.2, -0.15) is 0 Å². The topological polar surface area (TPSA) is 102 Å². The molecule has 0 aromatic carbocycles. The summed E-state index contributed by atoms with van der Waals surface area (Å²) in [5.41, 5.74) is 0. The molecule has 128 valence electrons. The third-order valence-corrected chi connectivity index (χ3v) is 3.76. The molecule has 23 heavy (non-hydrogen) atoms. The Morgan fingerprint density at radius 3 is 2.13 bits per heavy atom. The third-order valence-electron chi connectivity index (χ3n) is 3.76. The van der Waals surface area contributed by atoms with Gasteiger partial charge in [0.1, 0.15) is 0 Å². The van der Waals surface area contributed by atoms with Crippen LogP contribution in [0.1, 0.15) is 46.5 Å². The Morgan fingerprint density at radius 1 is 1.09 bits per heavy atom. The van der Waals surface area contributed by atoms with Crippen LogP contribution in [0.3, 0.4) is 0 Å². The molecular formula is C15H26NNaO6. The predicted octanol–water partition coefficient (Wildman–Crippen LogP) is 1.50. The fourth-order valence-electron chi connectivity index (χ4n) is 2.36. The number of carboxylic acid groups (broad SMARTS) is 1. The summed E-state index contributed by atoms with van der Waals surface area (Å²) in [5, 5.41) is 11.6. The van der Waals surface area contributed by atoms with E-state index in [-0.39, 0.29) is 47.3 Å². The van der Waals surface area contributed by atoms with E-state index in [4.69, 9.17) is 14.6 Å². The van der Waals surface area contributed by atoms with Gasteiger partial charge >= 0.3 is 47.6 Å². The van der Waals surface area contributed by atoms with Crippen molar-refractivity contribution in [3.63, 3.8) is 0 Å². The zero-order valence-corrected chi connectivity index (χ0v) is 13.3. The van der Waals surface area contributed by atoms with Gasteiger partial charge in [0.15, 0.2) is 0 Å². The van der Waals surface area contributed by atoms with Crippen LogP contribution in [0.15, 0.2) is 0 Å². The van der Waals surface area contributed by atoms with Gasteiger partial charge in [-0.25, -0.2) is 4.79 Å². The van der Waals surface area contributed by atoms with Crippen LogP contribution >= 0.6 is 0 Å². The van der Waals surface area contributed by atoms with Crippen molar-refractivity contribution < 1.29 is 29.0 Å². The first-order valence-electron chi connectivity index (χ1n) is 7.67. The molecule has 8 heteroatoms. The summed E-state index contributed by atoms with van der Waals surface area (Å²) < 4.78 is 9.86. The number of nitrogens with one attached hydrogen (secondary N) is 1. The molecule has 1 atom stereocenters. The monoisotopic (exact) mass is 339 g/mol. The Kier molecular flexibility index (Phi) is 10.5. The van der Waals surface area contributed by atoms with E-state index < -0.39 is 24.3 Å². The van der Waals surface area contributed by atoms with Gasteiger partial charge in [0.05, 0.1) is 11.8 Å². The Morgan fingerprint density at radius 2 is 1.65 bits per heavy atom. The van der Waals surface area contributed by atoms with Crippen LogP contribution in [0.5, 0.6) is 0 Å². The normalized spacial score (nSPS) is 21.7. The first-order chi connectivity index (χ1) is 10.3. The van der Waals surface area contributed by atoms with Gasteiger partial charge in [0.25, 0.3) is 0 Å². The van der Waals surface area contributed by atoms with Crippen molar-refractivity contribution in [2.45, 2.75) is 52.7 Å². The number of alkyl carbamates (subject to hydrolysis) is 1. The van der Waals surface area contributed by atoms with E-state index in [0.29, 0.717) is 19.4 Å². The van der Waals surface area contributed by atoms with Gasteiger partial charge in [0.2, 0.25) is 6.29 Å². The quantitative estimate of drug-likeness (QED) is 0.432. The number of carbonyl (C=O) groups excluding carboxylic acids is 2. The molecule has 1 fully saturated rings.